The van der Waals surface area contributed by atoms with Gasteiger partial charge in [0.15, 0.2) is 0 Å². The van der Waals surface area contributed by atoms with Crippen molar-refractivity contribution in [1.29, 1.82) is 0 Å². The Bertz CT molecular complexity index is 2460. The predicted molar refractivity (Wildman–Crippen MR) is 272 cm³/mol. The Hall–Kier alpha value is -6.25. The number of alkyl halides is 3. The van der Waals surface area contributed by atoms with Gasteiger partial charge in [-0.15, -0.1) is 11.8 Å². The number of carbonyl (C=O) groups is 7. The van der Waals surface area contributed by atoms with Crippen LogP contribution in [-0.4, -0.2) is 181 Å². The molecule has 3 heterocycles. The Kier molecular flexibility index (Phi) is 25.7. The third kappa shape index (κ3) is 21.6. The number of aliphatic carboxylic acids is 2. The van der Waals surface area contributed by atoms with Crippen LogP contribution in [0.2, 0.25) is 0 Å². The summed E-state index contributed by atoms with van der Waals surface area (Å²) in [5, 5.41) is 25.6. The molecule has 19 nitrogen and oxygen atoms in total. The van der Waals surface area contributed by atoms with Crippen LogP contribution in [0.5, 0.6) is 0 Å². The van der Waals surface area contributed by atoms with Crippen LogP contribution in [0.25, 0.3) is 11.1 Å². The van der Waals surface area contributed by atoms with Crippen LogP contribution in [0.1, 0.15) is 51.4 Å². The summed E-state index contributed by atoms with van der Waals surface area (Å²) in [5.74, 6) is -11.6. The summed E-state index contributed by atoms with van der Waals surface area (Å²) < 4.78 is 91.2. The highest BCUT2D eigenvalue weighted by Crippen LogP contribution is 2.42. The highest BCUT2D eigenvalue weighted by molar-refractivity contribution is 8.00. The van der Waals surface area contributed by atoms with Gasteiger partial charge < -0.3 is 54.6 Å². The standard InChI is InChI=1S/C49H63F3N6O11S.C3H4F2O2/c1-49(2,3)47(41-23-34(37-24-36(50)9-10-38(37)51)28-56(41)27-33-7-5-4-6-8-33)58(29-35-25-53-26-39(35)52)46(63)32-70-31-40(48(64)65)55-42(59)13-15-66-17-19-68-21-22-69-20-18-67-16-14-54-43(60)30-57-44(61)11-12-45(57)62;1-3(4,5)2(6)7/h4-12,23-24,28,35,39-40,47,53H,13-22,25-27,29-32H2,1-3H3,(H,54,60)(H,55,59)(H,64,65);1H3,(H,6,7). The molecule has 5 rings (SSSR count). The smallest absolute Gasteiger partial charge is 0.374 e. The quantitative estimate of drug-likeness (QED) is 0.0339. The van der Waals surface area contributed by atoms with Crippen LogP contribution in [0.4, 0.5) is 22.0 Å². The fourth-order valence-electron chi connectivity index (χ4n) is 7.86. The van der Waals surface area contributed by atoms with E-state index in [0.717, 1.165) is 52.6 Å². The number of hydrogen-bond acceptors (Lipinski definition) is 13. The summed E-state index contributed by atoms with van der Waals surface area (Å²) in [6, 6.07) is 12.5. The molecule has 2 aliphatic heterocycles. The number of imide groups is 1. The summed E-state index contributed by atoms with van der Waals surface area (Å²) >= 11 is 1.02. The van der Waals surface area contributed by atoms with E-state index in [1.165, 1.54) is 0 Å². The van der Waals surface area contributed by atoms with E-state index in [1.807, 2.05) is 55.7 Å². The average Bonchev–Trinajstić information content (AvgIpc) is 4.06. The van der Waals surface area contributed by atoms with Crippen molar-refractivity contribution in [1.82, 2.24) is 30.3 Å². The molecular weight excluding hydrogens is 1040 g/mol. The number of halogens is 5. The number of carboxylic acid groups (broad SMARTS) is 2. The van der Waals surface area contributed by atoms with Gasteiger partial charge in [-0.25, -0.2) is 22.8 Å². The molecule has 5 N–H and O–H groups in total. The molecule has 0 aliphatic carbocycles. The van der Waals surface area contributed by atoms with Gasteiger partial charge in [0.05, 0.1) is 64.6 Å². The van der Waals surface area contributed by atoms with E-state index in [4.69, 9.17) is 24.1 Å². The van der Waals surface area contributed by atoms with Crippen molar-refractivity contribution >= 4 is 53.2 Å². The molecule has 0 spiro atoms. The number of carboxylic acids is 2. The normalized spacial score (nSPS) is 16.2. The first-order chi connectivity index (χ1) is 36.5. The SMILES string of the molecule is CC(C)(C)C(c1cc(-c2cc(F)ccc2F)cn1Cc1ccccc1)N(CC1CNCC1F)C(=O)CSCC(NC(=O)CCOCCOCCOCCOCCNC(=O)CN1C(=O)C=CC1=O)C(=O)O.CC(F)(F)C(=O)O. The fourth-order valence-corrected chi connectivity index (χ4v) is 8.78. The number of carbonyl (C=O) groups excluding carboxylic acids is 5. The number of hydrogen-bond donors (Lipinski definition) is 5. The molecule has 0 saturated carbocycles. The molecule has 0 bridgehead atoms. The van der Waals surface area contributed by atoms with Gasteiger partial charge in [-0.05, 0) is 35.2 Å². The zero-order chi connectivity index (χ0) is 56.7. The van der Waals surface area contributed by atoms with Gasteiger partial charge in [0.1, 0.15) is 30.4 Å². The van der Waals surface area contributed by atoms with E-state index >= 15 is 8.78 Å². The third-order valence-electron chi connectivity index (χ3n) is 11.7. The van der Waals surface area contributed by atoms with Gasteiger partial charge >= 0.3 is 17.9 Å². The Balaban J connectivity index is 0.00000171. The maximum atomic E-state index is 15.3. The molecular formula is C52H67F5N6O13S. The van der Waals surface area contributed by atoms with Crippen molar-refractivity contribution in [3.63, 3.8) is 0 Å². The molecule has 77 heavy (non-hydrogen) atoms. The lowest BCUT2D eigenvalue weighted by molar-refractivity contribution is -0.162. The third-order valence-corrected chi connectivity index (χ3v) is 12.7. The molecule has 2 aromatic carbocycles. The van der Waals surface area contributed by atoms with E-state index in [9.17, 15) is 51.8 Å². The second-order valence-electron chi connectivity index (χ2n) is 19.0. The van der Waals surface area contributed by atoms with Gasteiger partial charge in [-0.2, -0.15) is 8.78 Å². The lowest BCUT2D eigenvalue weighted by Crippen LogP contribution is -2.47. The first kappa shape index (κ1) is 63.3. The largest absolute Gasteiger partial charge is 0.480 e. The fraction of sp³-hybridized carbons (Fsp3) is 0.519. The minimum absolute atomic E-state index is 0.00146. The molecule has 3 aromatic rings. The summed E-state index contributed by atoms with van der Waals surface area (Å²) in [5.41, 5.74) is 1.32. The van der Waals surface area contributed by atoms with Crippen molar-refractivity contribution in [3.05, 3.63) is 95.8 Å². The van der Waals surface area contributed by atoms with Crippen molar-refractivity contribution in [2.24, 2.45) is 11.3 Å². The van der Waals surface area contributed by atoms with E-state index in [1.54, 1.807) is 17.2 Å². The van der Waals surface area contributed by atoms with Gasteiger partial charge in [0.25, 0.3) is 11.8 Å². The lowest BCUT2D eigenvalue weighted by atomic mass is 9.82. The number of benzene rings is 2. The second kappa shape index (κ2) is 31.2. The Morgan fingerprint density at radius 2 is 1.43 bits per heavy atom. The van der Waals surface area contributed by atoms with E-state index in [0.29, 0.717) is 31.3 Å². The molecule has 4 atom stereocenters. The number of thioether (sulfide) groups is 1. The Morgan fingerprint density at radius 3 is 1.99 bits per heavy atom. The monoisotopic (exact) mass is 1110 g/mol. The first-order valence-electron chi connectivity index (χ1n) is 24.6. The van der Waals surface area contributed by atoms with Crippen molar-refractivity contribution in [3.8, 4) is 11.1 Å². The highest BCUT2D eigenvalue weighted by Gasteiger charge is 2.41. The van der Waals surface area contributed by atoms with Gasteiger partial charge in [-0.1, -0.05) is 51.1 Å². The van der Waals surface area contributed by atoms with E-state index < -0.39 is 82.7 Å². The van der Waals surface area contributed by atoms with Crippen LogP contribution in [-0.2, 0) is 59.1 Å². The molecule has 0 radical (unpaired) electrons. The molecule has 4 unspecified atom stereocenters. The predicted octanol–water partition coefficient (Wildman–Crippen LogP) is 4.48. The Morgan fingerprint density at radius 1 is 0.831 bits per heavy atom. The van der Waals surface area contributed by atoms with Crippen molar-refractivity contribution in [2.75, 3.05) is 97.1 Å². The van der Waals surface area contributed by atoms with E-state index in [2.05, 4.69) is 16.0 Å². The summed E-state index contributed by atoms with van der Waals surface area (Å²) in [6.07, 6.45) is 2.59. The van der Waals surface area contributed by atoms with Crippen LogP contribution < -0.4 is 16.0 Å². The van der Waals surface area contributed by atoms with Crippen molar-refractivity contribution < 1.29 is 84.7 Å². The zero-order valence-corrected chi connectivity index (χ0v) is 44.1. The molecule has 2 aliphatic rings. The lowest BCUT2D eigenvalue weighted by Gasteiger charge is -2.42. The molecule has 1 saturated heterocycles. The number of rotatable bonds is 31. The number of amides is 5. The Labute approximate surface area is 447 Å². The molecule has 5 amide bonds. The maximum absolute atomic E-state index is 15.3. The minimum Gasteiger partial charge on any atom is -0.480 e. The van der Waals surface area contributed by atoms with Gasteiger partial charge in [-0.3, -0.25) is 28.9 Å². The van der Waals surface area contributed by atoms with Gasteiger partial charge in [0, 0.05) is 92.9 Å². The summed E-state index contributed by atoms with van der Waals surface area (Å²) in [4.78, 5) is 86.2. The maximum Gasteiger partial charge on any atom is 0.374 e. The van der Waals surface area contributed by atoms with Gasteiger partial charge in [0.2, 0.25) is 17.7 Å². The van der Waals surface area contributed by atoms with Crippen LogP contribution in [0.3, 0.4) is 0 Å². The molecule has 25 heteroatoms. The van der Waals surface area contributed by atoms with Crippen LogP contribution >= 0.6 is 11.8 Å². The topological polar surface area (TPSA) is 244 Å². The first-order valence-corrected chi connectivity index (χ1v) is 25.8. The minimum atomic E-state index is -3.58. The molecule has 1 fully saturated rings. The zero-order valence-electron chi connectivity index (χ0n) is 43.3. The number of ether oxygens (including phenoxy) is 4. The van der Waals surface area contributed by atoms with Crippen LogP contribution in [0, 0.1) is 23.0 Å². The van der Waals surface area contributed by atoms with E-state index in [-0.39, 0.29) is 108 Å². The number of nitrogens with zero attached hydrogens (tertiary/aromatic N) is 3. The van der Waals surface area contributed by atoms with Crippen molar-refractivity contribution in [2.45, 2.75) is 64.8 Å². The second-order valence-corrected chi connectivity index (χ2v) is 20.0. The molecule has 1 aromatic heterocycles. The van der Waals surface area contributed by atoms with Crippen LogP contribution in [0.15, 0.2) is 72.9 Å². The average molecular weight is 1110 g/mol. The summed E-state index contributed by atoms with van der Waals surface area (Å²) in [7, 11) is 0. The molecule has 424 valence electrons. The number of aromatic nitrogens is 1. The highest BCUT2D eigenvalue weighted by atomic mass is 32.2. The summed E-state index contributed by atoms with van der Waals surface area (Å²) in [6.45, 7) is 8.54. The number of nitrogens with one attached hydrogen (secondary N) is 3.